The average molecular weight is 415 g/mol. The maximum Gasteiger partial charge on any atom is 0.243 e. The first kappa shape index (κ1) is 23.0. The number of halogens is 1. The maximum atomic E-state index is 13.3. The van der Waals surface area contributed by atoms with Crippen LogP contribution in [0.4, 0.5) is 0 Å². The smallest absolute Gasteiger partial charge is 0.243 e. The Labute approximate surface area is 179 Å². The molecule has 0 radical (unpaired) electrons. The zero-order valence-electron chi connectivity index (χ0n) is 18.0. The number of benzene rings is 2. The lowest BCUT2D eigenvalue weighted by Gasteiger charge is -2.31. The molecule has 29 heavy (non-hydrogen) atoms. The van der Waals surface area contributed by atoms with Gasteiger partial charge in [0.2, 0.25) is 11.8 Å². The second-order valence-corrected chi connectivity index (χ2v) is 8.20. The van der Waals surface area contributed by atoms with E-state index >= 15 is 0 Å². The van der Waals surface area contributed by atoms with Gasteiger partial charge in [-0.05, 0) is 62.4 Å². The SMILES string of the molecule is CCC(C(=O)NC(C)C)N(Cc1ccccc1Cl)C(=O)Cc1ccc(C)c(C)c1. The quantitative estimate of drug-likeness (QED) is 0.672. The zero-order valence-corrected chi connectivity index (χ0v) is 18.7. The molecule has 1 unspecified atom stereocenters. The lowest BCUT2D eigenvalue weighted by atomic mass is 10.0. The van der Waals surface area contributed by atoms with Gasteiger partial charge in [-0.3, -0.25) is 9.59 Å². The number of nitrogens with zero attached hydrogens (tertiary/aromatic N) is 1. The molecule has 0 fully saturated rings. The number of aryl methyl sites for hydroxylation is 2. The molecule has 0 aliphatic heterocycles. The third-order valence-electron chi connectivity index (χ3n) is 5.04. The third kappa shape index (κ3) is 6.33. The van der Waals surface area contributed by atoms with E-state index in [2.05, 4.69) is 5.32 Å². The van der Waals surface area contributed by atoms with Gasteiger partial charge in [0.05, 0.1) is 6.42 Å². The molecule has 2 amide bonds. The van der Waals surface area contributed by atoms with Crippen molar-refractivity contribution in [3.63, 3.8) is 0 Å². The molecule has 4 nitrogen and oxygen atoms in total. The van der Waals surface area contributed by atoms with Gasteiger partial charge in [-0.1, -0.05) is 54.9 Å². The molecule has 156 valence electrons. The van der Waals surface area contributed by atoms with Gasteiger partial charge in [0, 0.05) is 17.6 Å². The minimum atomic E-state index is -0.548. The Hall–Kier alpha value is -2.33. The minimum Gasteiger partial charge on any atom is -0.352 e. The lowest BCUT2D eigenvalue weighted by Crippen LogP contribution is -2.50. The first-order valence-electron chi connectivity index (χ1n) is 10.1. The summed E-state index contributed by atoms with van der Waals surface area (Å²) in [5.74, 6) is -0.220. The van der Waals surface area contributed by atoms with Crippen LogP contribution in [0.2, 0.25) is 5.02 Å². The van der Waals surface area contributed by atoms with Crippen LogP contribution in [0.5, 0.6) is 0 Å². The van der Waals surface area contributed by atoms with E-state index in [1.807, 2.05) is 71.0 Å². The number of hydrogen-bond donors (Lipinski definition) is 1. The predicted molar refractivity (Wildman–Crippen MR) is 119 cm³/mol. The predicted octanol–water partition coefficient (Wildman–Crippen LogP) is 4.83. The van der Waals surface area contributed by atoms with Gasteiger partial charge >= 0.3 is 0 Å². The van der Waals surface area contributed by atoms with Crippen LogP contribution in [-0.2, 0) is 22.6 Å². The molecule has 2 rings (SSSR count). The molecular weight excluding hydrogens is 384 g/mol. The Bertz CT molecular complexity index is 864. The number of rotatable bonds is 8. The van der Waals surface area contributed by atoms with Crippen LogP contribution in [-0.4, -0.2) is 28.8 Å². The van der Waals surface area contributed by atoms with E-state index < -0.39 is 6.04 Å². The first-order valence-corrected chi connectivity index (χ1v) is 10.5. The van der Waals surface area contributed by atoms with Crippen molar-refractivity contribution in [2.24, 2.45) is 0 Å². The standard InChI is InChI=1S/C24H31ClN2O2/c1-6-22(24(29)26-16(2)3)27(15-20-9-7-8-10-21(20)25)23(28)14-19-12-11-17(4)18(5)13-19/h7-13,16,22H,6,14-15H2,1-5H3,(H,26,29). The van der Waals surface area contributed by atoms with Crippen LogP contribution in [0.25, 0.3) is 0 Å². The van der Waals surface area contributed by atoms with Crippen molar-refractivity contribution in [2.45, 2.75) is 66.1 Å². The average Bonchev–Trinajstić information content (AvgIpc) is 2.65. The molecule has 0 spiro atoms. The van der Waals surface area contributed by atoms with Crippen LogP contribution in [0.1, 0.15) is 49.4 Å². The maximum absolute atomic E-state index is 13.3. The molecule has 1 atom stereocenters. The molecule has 5 heteroatoms. The monoisotopic (exact) mass is 414 g/mol. The molecule has 0 saturated carbocycles. The fourth-order valence-corrected chi connectivity index (χ4v) is 3.50. The second-order valence-electron chi connectivity index (χ2n) is 7.80. The van der Waals surface area contributed by atoms with Gasteiger partial charge in [-0.15, -0.1) is 0 Å². The van der Waals surface area contributed by atoms with Crippen LogP contribution in [0.15, 0.2) is 42.5 Å². The lowest BCUT2D eigenvalue weighted by molar-refractivity contribution is -0.141. The fraction of sp³-hybridized carbons (Fsp3) is 0.417. The highest BCUT2D eigenvalue weighted by Gasteiger charge is 2.29. The minimum absolute atomic E-state index is 0.00793. The van der Waals surface area contributed by atoms with E-state index in [1.54, 1.807) is 11.0 Å². The summed E-state index contributed by atoms with van der Waals surface area (Å²) in [7, 11) is 0. The molecule has 0 aromatic heterocycles. The topological polar surface area (TPSA) is 49.4 Å². The summed E-state index contributed by atoms with van der Waals surface area (Å²) in [5.41, 5.74) is 4.12. The summed E-state index contributed by atoms with van der Waals surface area (Å²) in [6.45, 7) is 10.1. The molecule has 0 heterocycles. The summed E-state index contributed by atoms with van der Waals surface area (Å²) in [4.78, 5) is 27.8. The van der Waals surface area contributed by atoms with Crippen LogP contribution in [0.3, 0.4) is 0 Å². The Morgan fingerprint density at radius 2 is 1.76 bits per heavy atom. The fourth-order valence-electron chi connectivity index (χ4n) is 3.30. The zero-order chi connectivity index (χ0) is 21.6. The summed E-state index contributed by atoms with van der Waals surface area (Å²) < 4.78 is 0. The molecule has 0 saturated heterocycles. The first-order chi connectivity index (χ1) is 13.7. The Kier molecular flexibility index (Phi) is 8.27. The van der Waals surface area contributed by atoms with Crippen LogP contribution in [0, 0.1) is 13.8 Å². The number of carbonyl (C=O) groups is 2. The normalized spacial score (nSPS) is 12.0. The van der Waals surface area contributed by atoms with Crippen LogP contribution >= 0.6 is 11.6 Å². The van der Waals surface area contributed by atoms with E-state index in [0.717, 1.165) is 16.7 Å². The second kappa shape index (κ2) is 10.4. The third-order valence-corrected chi connectivity index (χ3v) is 5.41. The van der Waals surface area contributed by atoms with E-state index in [-0.39, 0.29) is 24.3 Å². The van der Waals surface area contributed by atoms with Crippen molar-refractivity contribution >= 4 is 23.4 Å². The van der Waals surface area contributed by atoms with Gasteiger partial charge in [-0.25, -0.2) is 0 Å². The van der Waals surface area contributed by atoms with Gasteiger partial charge in [0.25, 0.3) is 0 Å². The van der Waals surface area contributed by atoms with Crippen molar-refractivity contribution in [1.82, 2.24) is 10.2 Å². The van der Waals surface area contributed by atoms with E-state index in [0.29, 0.717) is 18.0 Å². The van der Waals surface area contributed by atoms with Crippen molar-refractivity contribution in [3.8, 4) is 0 Å². The van der Waals surface area contributed by atoms with Crippen molar-refractivity contribution < 1.29 is 9.59 Å². The van der Waals surface area contributed by atoms with Gasteiger partial charge in [0.1, 0.15) is 6.04 Å². The molecule has 2 aromatic rings. The number of amides is 2. The molecule has 2 aromatic carbocycles. The van der Waals surface area contributed by atoms with Crippen molar-refractivity contribution in [2.75, 3.05) is 0 Å². The molecule has 0 bridgehead atoms. The van der Waals surface area contributed by atoms with Crippen molar-refractivity contribution in [1.29, 1.82) is 0 Å². The van der Waals surface area contributed by atoms with Gasteiger partial charge < -0.3 is 10.2 Å². The van der Waals surface area contributed by atoms with E-state index in [1.165, 1.54) is 5.56 Å². The largest absolute Gasteiger partial charge is 0.352 e. The number of nitrogens with one attached hydrogen (secondary N) is 1. The van der Waals surface area contributed by atoms with Gasteiger partial charge in [-0.2, -0.15) is 0 Å². The summed E-state index contributed by atoms with van der Waals surface area (Å²) in [6, 6.07) is 12.9. The van der Waals surface area contributed by atoms with E-state index in [9.17, 15) is 9.59 Å². The van der Waals surface area contributed by atoms with Crippen LogP contribution < -0.4 is 5.32 Å². The molecule has 0 aliphatic carbocycles. The summed E-state index contributed by atoms with van der Waals surface area (Å²) >= 11 is 6.34. The summed E-state index contributed by atoms with van der Waals surface area (Å²) in [6.07, 6.45) is 0.776. The van der Waals surface area contributed by atoms with Crippen molar-refractivity contribution in [3.05, 3.63) is 69.7 Å². The number of carbonyl (C=O) groups excluding carboxylic acids is 2. The number of hydrogen-bond acceptors (Lipinski definition) is 2. The summed E-state index contributed by atoms with van der Waals surface area (Å²) in [5, 5.41) is 3.54. The highest BCUT2D eigenvalue weighted by Crippen LogP contribution is 2.21. The molecular formula is C24H31ClN2O2. The molecule has 1 N–H and O–H groups in total. The highest BCUT2D eigenvalue weighted by atomic mass is 35.5. The Morgan fingerprint density at radius 3 is 2.34 bits per heavy atom. The Morgan fingerprint density at radius 1 is 1.07 bits per heavy atom. The van der Waals surface area contributed by atoms with Gasteiger partial charge in [0.15, 0.2) is 0 Å². The highest BCUT2D eigenvalue weighted by molar-refractivity contribution is 6.31. The van der Waals surface area contributed by atoms with E-state index in [4.69, 9.17) is 11.6 Å². The Balaban J connectivity index is 2.33. The molecule has 0 aliphatic rings.